The first-order valence-corrected chi connectivity index (χ1v) is 6.24. The van der Waals surface area contributed by atoms with Gasteiger partial charge in [0.25, 0.3) is 0 Å². The fourth-order valence-corrected chi connectivity index (χ4v) is 2.39. The Hall–Kier alpha value is -0.570. The van der Waals surface area contributed by atoms with Crippen LogP contribution in [-0.4, -0.2) is 29.7 Å². The van der Waals surface area contributed by atoms with Gasteiger partial charge >= 0.3 is 0 Å². The summed E-state index contributed by atoms with van der Waals surface area (Å²) in [5.41, 5.74) is 1.20. The molecule has 0 saturated carbocycles. The van der Waals surface area contributed by atoms with Gasteiger partial charge in [0, 0.05) is 18.2 Å². The minimum atomic E-state index is 0.333. The van der Waals surface area contributed by atoms with Crippen LogP contribution in [0.25, 0.3) is 0 Å². The van der Waals surface area contributed by atoms with Gasteiger partial charge in [-0.15, -0.1) is 0 Å². The standard InChI is InChI=1S/C13H18ClNO/c14-13-4-2-1-3-12(13)9-15-7-5-11(10-16)6-8-15/h1-4,11,16H,5-10H2. The topological polar surface area (TPSA) is 23.5 Å². The number of hydrogen-bond acceptors (Lipinski definition) is 2. The number of aliphatic hydroxyl groups excluding tert-OH is 1. The molecule has 1 N–H and O–H groups in total. The molecule has 2 nitrogen and oxygen atoms in total. The first kappa shape index (κ1) is 11.9. The van der Waals surface area contributed by atoms with E-state index in [-0.39, 0.29) is 0 Å². The quantitative estimate of drug-likeness (QED) is 0.877. The third-order valence-electron chi connectivity index (χ3n) is 3.32. The van der Waals surface area contributed by atoms with E-state index in [0.717, 1.165) is 37.5 Å². The Morgan fingerprint density at radius 2 is 1.94 bits per heavy atom. The largest absolute Gasteiger partial charge is 0.396 e. The van der Waals surface area contributed by atoms with Crippen molar-refractivity contribution in [2.75, 3.05) is 19.7 Å². The van der Waals surface area contributed by atoms with Crippen LogP contribution in [0.1, 0.15) is 18.4 Å². The van der Waals surface area contributed by atoms with Gasteiger partial charge < -0.3 is 5.11 Å². The highest BCUT2D eigenvalue weighted by atomic mass is 35.5. The number of aliphatic hydroxyl groups is 1. The molecule has 1 fully saturated rings. The summed E-state index contributed by atoms with van der Waals surface area (Å²) >= 11 is 6.13. The van der Waals surface area contributed by atoms with Crippen LogP contribution in [0.15, 0.2) is 24.3 Å². The first-order valence-electron chi connectivity index (χ1n) is 5.86. The predicted molar refractivity (Wildman–Crippen MR) is 66.5 cm³/mol. The van der Waals surface area contributed by atoms with Crippen LogP contribution in [0, 0.1) is 5.92 Å². The number of hydrogen-bond donors (Lipinski definition) is 1. The van der Waals surface area contributed by atoms with Gasteiger partial charge in [0.05, 0.1) is 0 Å². The Balaban J connectivity index is 1.89. The molecule has 1 saturated heterocycles. The van der Waals surface area contributed by atoms with Crippen LogP contribution in [0.2, 0.25) is 5.02 Å². The van der Waals surface area contributed by atoms with Gasteiger partial charge in [0.15, 0.2) is 0 Å². The van der Waals surface area contributed by atoms with E-state index in [0.29, 0.717) is 12.5 Å². The highest BCUT2D eigenvalue weighted by Crippen LogP contribution is 2.21. The second kappa shape index (κ2) is 5.67. The van der Waals surface area contributed by atoms with E-state index >= 15 is 0 Å². The van der Waals surface area contributed by atoms with Crippen molar-refractivity contribution in [3.8, 4) is 0 Å². The van der Waals surface area contributed by atoms with Crippen molar-refractivity contribution in [1.29, 1.82) is 0 Å². The van der Waals surface area contributed by atoms with E-state index in [1.165, 1.54) is 5.56 Å². The number of nitrogens with zero attached hydrogens (tertiary/aromatic N) is 1. The van der Waals surface area contributed by atoms with Crippen LogP contribution < -0.4 is 0 Å². The SMILES string of the molecule is OCC1CCN(Cc2ccccc2Cl)CC1. The van der Waals surface area contributed by atoms with E-state index in [4.69, 9.17) is 16.7 Å². The number of rotatable bonds is 3. The van der Waals surface area contributed by atoms with Gasteiger partial charge in [-0.3, -0.25) is 4.90 Å². The summed E-state index contributed by atoms with van der Waals surface area (Å²) in [6, 6.07) is 8.02. The Kier molecular flexibility index (Phi) is 4.22. The summed E-state index contributed by atoms with van der Waals surface area (Å²) in [4.78, 5) is 2.41. The fourth-order valence-electron chi connectivity index (χ4n) is 2.19. The van der Waals surface area contributed by atoms with Crippen molar-refractivity contribution in [3.05, 3.63) is 34.9 Å². The first-order chi connectivity index (χ1) is 7.79. The second-order valence-electron chi connectivity index (χ2n) is 4.49. The molecule has 0 unspecified atom stereocenters. The third-order valence-corrected chi connectivity index (χ3v) is 3.69. The lowest BCUT2D eigenvalue weighted by atomic mass is 9.97. The van der Waals surface area contributed by atoms with E-state index in [1.807, 2.05) is 18.2 Å². The molecular weight excluding hydrogens is 222 g/mol. The molecule has 1 heterocycles. The molecule has 0 radical (unpaired) electrons. The Morgan fingerprint density at radius 1 is 1.25 bits per heavy atom. The average molecular weight is 240 g/mol. The monoisotopic (exact) mass is 239 g/mol. The summed E-state index contributed by atoms with van der Waals surface area (Å²) in [6.07, 6.45) is 2.20. The molecule has 1 aromatic rings. The lowest BCUT2D eigenvalue weighted by Gasteiger charge is -2.31. The zero-order valence-electron chi connectivity index (χ0n) is 9.40. The maximum Gasteiger partial charge on any atom is 0.0460 e. The van der Waals surface area contributed by atoms with Crippen molar-refractivity contribution in [2.45, 2.75) is 19.4 Å². The summed E-state index contributed by atoms with van der Waals surface area (Å²) in [5.74, 6) is 0.502. The minimum Gasteiger partial charge on any atom is -0.396 e. The van der Waals surface area contributed by atoms with Crippen molar-refractivity contribution in [1.82, 2.24) is 4.90 Å². The average Bonchev–Trinajstić information content (AvgIpc) is 2.33. The van der Waals surface area contributed by atoms with Gasteiger partial charge in [-0.1, -0.05) is 29.8 Å². The summed E-state index contributed by atoms with van der Waals surface area (Å²) in [6.45, 7) is 3.39. The van der Waals surface area contributed by atoms with E-state index in [1.54, 1.807) is 0 Å². The molecule has 0 aliphatic carbocycles. The van der Waals surface area contributed by atoms with Crippen LogP contribution in [0.4, 0.5) is 0 Å². The molecular formula is C13H18ClNO. The normalized spacial score (nSPS) is 18.9. The van der Waals surface area contributed by atoms with Crippen molar-refractivity contribution in [3.63, 3.8) is 0 Å². The molecule has 1 aromatic carbocycles. The molecule has 0 atom stereocenters. The van der Waals surface area contributed by atoms with Crippen molar-refractivity contribution < 1.29 is 5.11 Å². The number of halogens is 1. The molecule has 0 aromatic heterocycles. The van der Waals surface area contributed by atoms with E-state index in [2.05, 4.69) is 11.0 Å². The molecule has 2 rings (SSSR count). The smallest absolute Gasteiger partial charge is 0.0460 e. The van der Waals surface area contributed by atoms with Crippen LogP contribution in [0.3, 0.4) is 0 Å². The van der Waals surface area contributed by atoms with Gasteiger partial charge in [-0.25, -0.2) is 0 Å². The van der Waals surface area contributed by atoms with E-state index in [9.17, 15) is 0 Å². The second-order valence-corrected chi connectivity index (χ2v) is 4.90. The van der Waals surface area contributed by atoms with Gasteiger partial charge in [-0.2, -0.15) is 0 Å². The molecule has 1 aliphatic rings. The molecule has 0 amide bonds. The molecule has 0 bridgehead atoms. The highest BCUT2D eigenvalue weighted by molar-refractivity contribution is 6.31. The minimum absolute atomic E-state index is 0.333. The zero-order chi connectivity index (χ0) is 11.4. The number of piperidine rings is 1. The molecule has 88 valence electrons. The Bertz CT molecular complexity index is 334. The van der Waals surface area contributed by atoms with Crippen LogP contribution in [-0.2, 0) is 6.54 Å². The lowest BCUT2D eigenvalue weighted by Crippen LogP contribution is -2.34. The summed E-state index contributed by atoms with van der Waals surface area (Å²) in [7, 11) is 0. The zero-order valence-corrected chi connectivity index (χ0v) is 10.2. The highest BCUT2D eigenvalue weighted by Gasteiger charge is 2.18. The van der Waals surface area contributed by atoms with Gasteiger partial charge in [-0.05, 0) is 43.5 Å². The molecule has 0 spiro atoms. The Labute approximate surface area is 102 Å². The maximum atomic E-state index is 9.07. The molecule has 3 heteroatoms. The molecule has 1 aliphatic heterocycles. The van der Waals surface area contributed by atoms with Crippen LogP contribution in [0.5, 0.6) is 0 Å². The maximum absolute atomic E-state index is 9.07. The summed E-state index contributed by atoms with van der Waals surface area (Å²) < 4.78 is 0. The lowest BCUT2D eigenvalue weighted by molar-refractivity contribution is 0.127. The van der Waals surface area contributed by atoms with Crippen LogP contribution >= 0.6 is 11.6 Å². The van der Waals surface area contributed by atoms with Crippen molar-refractivity contribution in [2.24, 2.45) is 5.92 Å². The number of benzene rings is 1. The van der Waals surface area contributed by atoms with Gasteiger partial charge in [0.1, 0.15) is 0 Å². The molecule has 16 heavy (non-hydrogen) atoms. The predicted octanol–water partition coefficient (Wildman–Crippen LogP) is 2.54. The summed E-state index contributed by atoms with van der Waals surface area (Å²) in [5, 5.41) is 9.93. The third kappa shape index (κ3) is 2.97. The van der Waals surface area contributed by atoms with Gasteiger partial charge in [0.2, 0.25) is 0 Å². The van der Waals surface area contributed by atoms with Crippen molar-refractivity contribution >= 4 is 11.6 Å². The Morgan fingerprint density at radius 3 is 2.56 bits per heavy atom. The number of likely N-dealkylation sites (tertiary alicyclic amines) is 1. The fraction of sp³-hybridized carbons (Fsp3) is 0.538. The van der Waals surface area contributed by atoms with E-state index < -0.39 is 0 Å².